The average Bonchev–Trinajstić information content (AvgIpc) is 3.12. The summed E-state index contributed by atoms with van der Waals surface area (Å²) in [5, 5.41) is 4.60. The summed E-state index contributed by atoms with van der Waals surface area (Å²) in [6.45, 7) is 6.35. The van der Waals surface area contributed by atoms with E-state index in [2.05, 4.69) is 39.0 Å². The second kappa shape index (κ2) is 7.40. The van der Waals surface area contributed by atoms with Crippen molar-refractivity contribution >= 4 is 28.2 Å². The van der Waals surface area contributed by atoms with E-state index in [-0.39, 0.29) is 11.7 Å². The van der Waals surface area contributed by atoms with Crippen molar-refractivity contribution in [1.29, 1.82) is 0 Å². The summed E-state index contributed by atoms with van der Waals surface area (Å²) in [7, 11) is 0. The van der Waals surface area contributed by atoms with Crippen LogP contribution in [0.4, 0.5) is 21.6 Å². The number of aromatic nitrogens is 4. The summed E-state index contributed by atoms with van der Waals surface area (Å²) in [5.41, 5.74) is 4.75. The second-order valence-corrected chi connectivity index (χ2v) is 7.88. The first kappa shape index (κ1) is 18.5. The minimum atomic E-state index is -0.277. The molecule has 1 aliphatic heterocycles. The molecule has 0 aliphatic carbocycles. The van der Waals surface area contributed by atoms with Gasteiger partial charge in [-0.2, -0.15) is 0 Å². The van der Waals surface area contributed by atoms with Crippen molar-refractivity contribution in [2.75, 3.05) is 23.3 Å². The number of hydrogen-bond donors (Lipinski definition) is 2. The molecule has 7 heteroatoms. The van der Waals surface area contributed by atoms with Crippen molar-refractivity contribution in [3.05, 3.63) is 60.3 Å². The monoisotopic (exact) mass is 402 g/mol. The molecular weight excluding hydrogens is 379 g/mol. The van der Waals surface area contributed by atoms with Crippen LogP contribution in [0.15, 0.2) is 48.9 Å². The molecule has 5 rings (SSSR count). The van der Waals surface area contributed by atoms with Crippen molar-refractivity contribution in [3.63, 3.8) is 0 Å². The van der Waals surface area contributed by atoms with Crippen LogP contribution in [0, 0.1) is 5.82 Å². The quantitative estimate of drug-likeness (QED) is 0.478. The molecule has 0 amide bonds. The standard InChI is InChI=1S/C23H23FN6/c1-14(2)17-12-26-21(15-4-6-16(24)7-5-15)29-22(17)28-18-8-9-25-23-20(18)19(13-27-23)30-10-3-11-30/h4-9,12-14H,3,10-11H2,1-2H3,(H2,25,26,27,28,29). The van der Waals surface area contributed by atoms with Crippen LogP contribution in [-0.4, -0.2) is 33.0 Å². The summed E-state index contributed by atoms with van der Waals surface area (Å²) >= 11 is 0. The zero-order valence-electron chi connectivity index (χ0n) is 17.0. The molecule has 1 saturated heterocycles. The first-order valence-electron chi connectivity index (χ1n) is 10.2. The molecule has 2 N–H and O–H groups in total. The first-order valence-corrected chi connectivity index (χ1v) is 10.2. The Kier molecular flexibility index (Phi) is 4.58. The zero-order chi connectivity index (χ0) is 20.7. The topological polar surface area (TPSA) is 69.7 Å². The van der Waals surface area contributed by atoms with Gasteiger partial charge in [0, 0.05) is 42.8 Å². The van der Waals surface area contributed by atoms with Gasteiger partial charge in [0.25, 0.3) is 0 Å². The fourth-order valence-electron chi connectivity index (χ4n) is 3.73. The number of nitrogens with zero attached hydrogens (tertiary/aromatic N) is 4. The van der Waals surface area contributed by atoms with Crippen molar-refractivity contribution in [3.8, 4) is 11.4 Å². The van der Waals surface area contributed by atoms with E-state index in [0.29, 0.717) is 5.82 Å². The summed E-state index contributed by atoms with van der Waals surface area (Å²) in [5.74, 6) is 1.28. The number of H-pyrrole nitrogens is 1. The summed E-state index contributed by atoms with van der Waals surface area (Å²) in [6.07, 6.45) is 6.87. The third kappa shape index (κ3) is 3.26. The molecule has 4 aromatic rings. The highest BCUT2D eigenvalue weighted by atomic mass is 19.1. The zero-order valence-corrected chi connectivity index (χ0v) is 17.0. The van der Waals surface area contributed by atoms with Gasteiger partial charge in [0.1, 0.15) is 17.3 Å². The molecule has 1 aliphatic rings. The molecule has 0 atom stereocenters. The molecule has 0 saturated carbocycles. The minimum Gasteiger partial charge on any atom is -0.370 e. The van der Waals surface area contributed by atoms with Gasteiger partial charge in [-0.1, -0.05) is 13.8 Å². The van der Waals surface area contributed by atoms with Crippen molar-refractivity contribution < 1.29 is 4.39 Å². The number of benzene rings is 1. The Balaban J connectivity index is 1.59. The molecule has 1 fully saturated rings. The molecule has 152 valence electrons. The summed E-state index contributed by atoms with van der Waals surface area (Å²) in [6, 6.07) is 8.22. The van der Waals surface area contributed by atoms with E-state index in [4.69, 9.17) is 4.98 Å². The Hall–Kier alpha value is -3.48. The molecular formula is C23H23FN6. The third-order valence-corrected chi connectivity index (χ3v) is 5.54. The van der Waals surface area contributed by atoms with Crippen molar-refractivity contribution in [1.82, 2.24) is 19.9 Å². The van der Waals surface area contributed by atoms with E-state index in [0.717, 1.165) is 52.4 Å². The molecule has 0 spiro atoms. The van der Waals surface area contributed by atoms with Gasteiger partial charge in [-0.15, -0.1) is 0 Å². The molecule has 30 heavy (non-hydrogen) atoms. The number of fused-ring (bicyclic) bond motifs is 1. The second-order valence-electron chi connectivity index (χ2n) is 7.88. The maximum atomic E-state index is 13.3. The number of rotatable bonds is 5. The van der Waals surface area contributed by atoms with Gasteiger partial charge in [-0.25, -0.2) is 19.3 Å². The largest absolute Gasteiger partial charge is 0.370 e. The maximum Gasteiger partial charge on any atom is 0.161 e. The van der Waals surface area contributed by atoms with Gasteiger partial charge >= 0.3 is 0 Å². The number of anilines is 3. The average molecular weight is 402 g/mol. The highest BCUT2D eigenvalue weighted by molar-refractivity contribution is 6.01. The SMILES string of the molecule is CC(C)c1cnc(-c2ccc(F)cc2)nc1Nc1ccnc2[nH]cc(N3CCC3)c12. The fraction of sp³-hybridized carbons (Fsp3) is 0.261. The Labute approximate surface area is 174 Å². The number of pyridine rings is 1. The Morgan fingerprint density at radius 1 is 1.10 bits per heavy atom. The van der Waals surface area contributed by atoms with Crippen LogP contribution in [-0.2, 0) is 0 Å². The van der Waals surface area contributed by atoms with E-state index in [9.17, 15) is 4.39 Å². The Morgan fingerprint density at radius 3 is 2.60 bits per heavy atom. The number of nitrogens with one attached hydrogen (secondary N) is 2. The predicted octanol–water partition coefficient (Wildman–Crippen LogP) is 5.24. The van der Waals surface area contributed by atoms with Crippen LogP contribution in [0.5, 0.6) is 0 Å². The van der Waals surface area contributed by atoms with Crippen LogP contribution < -0.4 is 10.2 Å². The normalized spacial score (nSPS) is 13.7. The smallest absolute Gasteiger partial charge is 0.161 e. The molecule has 3 aromatic heterocycles. The molecule has 0 bridgehead atoms. The van der Waals surface area contributed by atoms with Crippen LogP contribution in [0.3, 0.4) is 0 Å². The lowest BCUT2D eigenvalue weighted by molar-refractivity contribution is 0.620. The number of halogens is 1. The molecule has 4 heterocycles. The lowest BCUT2D eigenvalue weighted by Crippen LogP contribution is -2.36. The highest BCUT2D eigenvalue weighted by Crippen LogP contribution is 2.36. The highest BCUT2D eigenvalue weighted by Gasteiger charge is 2.21. The van der Waals surface area contributed by atoms with Crippen LogP contribution in [0.25, 0.3) is 22.4 Å². The van der Waals surface area contributed by atoms with Crippen molar-refractivity contribution in [2.45, 2.75) is 26.2 Å². The number of aromatic amines is 1. The minimum absolute atomic E-state index is 0.244. The third-order valence-electron chi connectivity index (χ3n) is 5.54. The Bertz CT molecular complexity index is 1190. The van der Waals surface area contributed by atoms with Gasteiger partial charge in [-0.3, -0.25) is 0 Å². The molecule has 6 nitrogen and oxygen atoms in total. The van der Waals surface area contributed by atoms with Crippen LogP contribution in [0.2, 0.25) is 0 Å². The first-order chi connectivity index (χ1) is 14.6. The van der Waals surface area contributed by atoms with Gasteiger partial charge in [0.15, 0.2) is 5.82 Å². The summed E-state index contributed by atoms with van der Waals surface area (Å²) < 4.78 is 13.3. The molecule has 0 unspecified atom stereocenters. The summed E-state index contributed by atoms with van der Waals surface area (Å²) in [4.78, 5) is 19.4. The lowest BCUT2D eigenvalue weighted by Gasteiger charge is -2.32. The van der Waals surface area contributed by atoms with Gasteiger partial charge < -0.3 is 15.2 Å². The Morgan fingerprint density at radius 2 is 1.90 bits per heavy atom. The van der Waals surface area contributed by atoms with E-state index in [1.54, 1.807) is 18.3 Å². The van der Waals surface area contributed by atoms with Gasteiger partial charge in [-0.05, 0) is 42.7 Å². The number of hydrogen-bond acceptors (Lipinski definition) is 5. The molecule has 0 radical (unpaired) electrons. The maximum absolute atomic E-state index is 13.3. The van der Waals surface area contributed by atoms with E-state index in [1.807, 2.05) is 18.5 Å². The van der Waals surface area contributed by atoms with Crippen LogP contribution in [0.1, 0.15) is 31.7 Å². The lowest BCUT2D eigenvalue weighted by atomic mass is 10.1. The van der Waals surface area contributed by atoms with E-state index in [1.165, 1.54) is 18.6 Å². The predicted molar refractivity (Wildman–Crippen MR) is 118 cm³/mol. The van der Waals surface area contributed by atoms with Crippen molar-refractivity contribution in [2.24, 2.45) is 0 Å². The van der Waals surface area contributed by atoms with E-state index >= 15 is 0 Å². The van der Waals surface area contributed by atoms with Crippen LogP contribution >= 0.6 is 0 Å². The fourth-order valence-corrected chi connectivity index (χ4v) is 3.73. The van der Waals surface area contributed by atoms with Gasteiger partial charge in [0.2, 0.25) is 0 Å². The van der Waals surface area contributed by atoms with Gasteiger partial charge in [0.05, 0.1) is 16.8 Å². The van der Waals surface area contributed by atoms with E-state index < -0.39 is 0 Å². The molecule has 1 aromatic carbocycles.